The number of halogens is 1. The highest BCUT2D eigenvalue weighted by Gasteiger charge is 2.40. The lowest BCUT2D eigenvalue weighted by Crippen LogP contribution is -3.00. The van der Waals surface area contributed by atoms with Crippen molar-refractivity contribution in [2.24, 2.45) is 0 Å². The van der Waals surface area contributed by atoms with Gasteiger partial charge in [-0.2, -0.15) is 4.57 Å². The molecular weight excluding hydrogens is 405 g/mol. The van der Waals surface area contributed by atoms with E-state index in [0.29, 0.717) is 0 Å². The number of amides is 2. The minimum absolute atomic E-state index is 0. The van der Waals surface area contributed by atoms with Crippen molar-refractivity contribution < 1.29 is 38.1 Å². The number of rotatable bonds is 2. The molecule has 120 valence electrons. The van der Waals surface area contributed by atoms with Crippen LogP contribution >= 0.6 is 0 Å². The quantitative estimate of drug-likeness (QED) is 0.470. The van der Waals surface area contributed by atoms with Crippen LogP contribution in [0.3, 0.4) is 0 Å². The average molecular weight is 423 g/mol. The molecule has 1 aliphatic heterocycles. The molecule has 0 fully saturated rings. The first-order valence-corrected chi connectivity index (χ1v) is 7.18. The topological polar surface area (TPSA) is 53.3 Å². The Hall–Kier alpha value is -1.96. The predicted molar refractivity (Wildman–Crippen MR) is 82.0 cm³/mol. The van der Waals surface area contributed by atoms with E-state index >= 15 is 0 Å². The van der Waals surface area contributed by atoms with Crippen molar-refractivity contribution in [1.82, 2.24) is 4.90 Å². The smallest absolute Gasteiger partial charge is 0.289 e. The number of carbonyl (C=O) groups is 2. The van der Waals surface area contributed by atoms with Crippen molar-refractivity contribution in [1.29, 1.82) is 0 Å². The molecule has 1 aliphatic rings. The van der Waals surface area contributed by atoms with Crippen molar-refractivity contribution in [3.63, 3.8) is 0 Å². The number of nitrogens with one attached hydrogen (secondary N) is 1. The number of carbonyl (C=O) groups excluding carboxylic acids is 2. The lowest BCUT2D eigenvalue weighted by molar-refractivity contribution is -0.698. The van der Waals surface area contributed by atoms with Crippen LogP contribution < -0.4 is 33.9 Å². The molecule has 0 spiro atoms. The number of hydrogen-bond acceptors (Lipinski definition) is 2. The van der Waals surface area contributed by atoms with Gasteiger partial charge >= 0.3 is 0 Å². The summed E-state index contributed by atoms with van der Waals surface area (Å²) in [4.78, 5) is 26.3. The van der Waals surface area contributed by atoms with Crippen LogP contribution in [0.2, 0.25) is 0 Å². The summed E-state index contributed by atoms with van der Waals surface area (Å²) in [5.74, 6) is -0.279. The number of nitrogens with zero attached hydrogens (tertiary/aromatic N) is 2. The van der Waals surface area contributed by atoms with Crippen molar-refractivity contribution in [3.05, 3.63) is 59.9 Å². The Kier molecular flexibility index (Phi) is 5.35. The molecule has 1 aromatic carbocycles. The Morgan fingerprint density at radius 1 is 1.22 bits per heavy atom. The van der Waals surface area contributed by atoms with Crippen LogP contribution in [0.15, 0.2) is 48.7 Å². The molecule has 0 saturated heterocycles. The number of pyridine rings is 1. The molecule has 3 rings (SSSR count). The first-order valence-electron chi connectivity index (χ1n) is 7.18. The molecular formula is C17H18IN3O2. The molecule has 23 heavy (non-hydrogen) atoms. The molecule has 0 saturated carbocycles. The molecule has 2 heterocycles. The van der Waals surface area contributed by atoms with Crippen molar-refractivity contribution >= 4 is 17.5 Å². The van der Waals surface area contributed by atoms with Gasteiger partial charge < -0.3 is 34.2 Å². The van der Waals surface area contributed by atoms with Gasteiger partial charge in [0.2, 0.25) is 12.2 Å². The Morgan fingerprint density at radius 3 is 2.65 bits per heavy atom. The predicted octanol–water partition coefficient (Wildman–Crippen LogP) is -1.56. The zero-order valence-corrected chi connectivity index (χ0v) is 15.1. The summed E-state index contributed by atoms with van der Waals surface area (Å²) in [7, 11) is 1.67. The molecule has 0 bridgehead atoms. The number of hydrogen-bond donors (Lipinski definition) is 1. The molecule has 1 atom stereocenters. The number of benzene rings is 1. The van der Waals surface area contributed by atoms with Gasteiger partial charge in [-0.05, 0) is 18.6 Å². The SMILES string of the molecule is Cc1ccccc1NC(=O)C1c2cccc[n+]2CC(=O)N1C.[I-]. The molecule has 1 N–H and O–H groups in total. The first kappa shape index (κ1) is 17.4. The minimum atomic E-state index is -0.623. The fraction of sp³-hybridized carbons (Fsp3) is 0.235. The highest BCUT2D eigenvalue weighted by Crippen LogP contribution is 2.23. The van der Waals surface area contributed by atoms with E-state index in [1.54, 1.807) is 7.05 Å². The Morgan fingerprint density at radius 2 is 1.91 bits per heavy atom. The van der Waals surface area contributed by atoms with Crippen LogP contribution in [0.4, 0.5) is 5.69 Å². The number of aromatic nitrogens is 1. The van der Waals surface area contributed by atoms with E-state index < -0.39 is 6.04 Å². The van der Waals surface area contributed by atoms with Crippen molar-refractivity contribution in [2.75, 3.05) is 12.4 Å². The Labute approximate surface area is 152 Å². The van der Waals surface area contributed by atoms with Crippen LogP contribution in [0, 0.1) is 6.92 Å². The lowest BCUT2D eigenvalue weighted by Gasteiger charge is -2.28. The van der Waals surface area contributed by atoms with Crippen LogP contribution in [-0.4, -0.2) is 23.8 Å². The van der Waals surface area contributed by atoms with E-state index in [1.807, 2.05) is 60.2 Å². The number of para-hydroxylation sites is 1. The van der Waals surface area contributed by atoms with Crippen LogP contribution in [0.5, 0.6) is 0 Å². The lowest BCUT2D eigenvalue weighted by atomic mass is 10.1. The standard InChI is InChI=1S/C17H17N3O2.HI/c1-12-7-3-4-8-13(12)18-17(22)16-14-9-5-6-10-20(14)11-15(21)19(16)2;/h3-10,16H,11H2,1-2H3;1H. The second-order valence-electron chi connectivity index (χ2n) is 5.46. The van der Waals surface area contributed by atoms with Gasteiger partial charge in [0.15, 0.2) is 12.2 Å². The summed E-state index contributed by atoms with van der Waals surface area (Å²) < 4.78 is 1.82. The van der Waals surface area contributed by atoms with E-state index in [-0.39, 0.29) is 42.3 Å². The van der Waals surface area contributed by atoms with E-state index in [0.717, 1.165) is 16.9 Å². The second-order valence-corrected chi connectivity index (χ2v) is 5.46. The minimum Gasteiger partial charge on any atom is -1.00 e. The summed E-state index contributed by atoms with van der Waals surface area (Å²) >= 11 is 0. The van der Waals surface area contributed by atoms with Crippen molar-refractivity contribution in [3.8, 4) is 0 Å². The molecule has 5 nitrogen and oxygen atoms in total. The summed E-state index contributed by atoms with van der Waals surface area (Å²) in [6.45, 7) is 2.20. The fourth-order valence-corrected chi connectivity index (χ4v) is 2.71. The van der Waals surface area contributed by atoms with E-state index in [4.69, 9.17) is 0 Å². The number of fused-ring (bicyclic) bond motifs is 1. The molecule has 2 aromatic rings. The number of anilines is 1. The van der Waals surface area contributed by atoms with Crippen LogP contribution in [-0.2, 0) is 16.1 Å². The maximum Gasteiger partial charge on any atom is 0.289 e. The molecule has 0 radical (unpaired) electrons. The van der Waals surface area contributed by atoms with Gasteiger partial charge in [0, 0.05) is 24.9 Å². The maximum atomic E-state index is 12.7. The third-order valence-corrected chi connectivity index (χ3v) is 3.99. The van der Waals surface area contributed by atoms with Crippen LogP contribution in [0.25, 0.3) is 0 Å². The molecule has 0 aliphatic carbocycles. The third-order valence-electron chi connectivity index (χ3n) is 3.99. The molecule has 2 amide bonds. The summed E-state index contributed by atoms with van der Waals surface area (Å²) in [6.07, 6.45) is 1.83. The van der Waals surface area contributed by atoms with E-state index in [9.17, 15) is 9.59 Å². The van der Waals surface area contributed by atoms with E-state index in [2.05, 4.69) is 5.32 Å². The number of likely N-dealkylation sites (N-methyl/N-ethyl adjacent to an activating group) is 1. The molecule has 1 aromatic heterocycles. The highest BCUT2D eigenvalue weighted by molar-refractivity contribution is 5.98. The average Bonchev–Trinajstić information content (AvgIpc) is 2.50. The fourth-order valence-electron chi connectivity index (χ4n) is 2.71. The highest BCUT2D eigenvalue weighted by atomic mass is 127. The van der Waals surface area contributed by atoms with Gasteiger partial charge in [0.1, 0.15) is 0 Å². The van der Waals surface area contributed by atoms with Gasteiger partial charge in [-0.3, -0.25) is 9.59 Å². The molecule has 1 unspecified atom stereocenters. The second kappa shape index (κ2) is 7.08. The first-order chi connectivity index (χ1) is 10.6. The van der Waals surface area contributed by atoms with Gasteiger partial charge in [0.05, 0.1) is 0 Å². The van der Waals surface area contributed by atoms with Crippen LogP contribution in [0.1, 0.15) is 17.3 Å². The molecule has 6 heteroatoms. The Balaban J connectivity index is 0.00000192. The summed E-state index contributed by atoms with van der Waals surface area (Å²) in [5, 5.41) is 2.93. The largest absolute Gasteiger partial charge is 1.00 e. The Bertz CT molecular complexity index is 748. The van der Waals surface area contributed by atoms with E-state index in [1.165, 1.54) is 4.90 Å². The third kappa shape index (κ3) is 3.36. The number of aryl methyl sites for hydroxylation is 1. The van der Waals surface area contributed by atoms with Gasteiger partial charge in [-0.25, -0.2) is 0 Å². The van der Waals surface area contributed by atoms with Crippen molar-refractivity contribution in [2.45, 2.75) is 19.5 Å². The summed E-state index contributed by atoms with van der Waals surface area (Å²) in [5.41, 5.74) is 2.57. The monoisotopic (exact) mass is 423 g/mol. The maximum absolute atomic E-state index is 12.7. The van der Waals surface area contributed by atoms with Gasteiger partial charge in [0.25, 0.3) is 11.8 Å². The normalized spacial score (nSPS) is 16.3. The zero-order valence-electron chi connectivity index (χ0n) is 13.0. The summed E-state index contributed by atoms with van der Waals surface area (Å²) in [6, 6.07) is 12.6. The van der Waals surface area contributed by atoms with Gasteiger partial charge in [-0.1, -0.05) is 24.3 Å². The zero-order chi connectivity index (χ0) is 15.7. The van der Waals surface area contributed by atoms with Gasteiger partial charge in [-0.15, -0.1) is 0 Å².